The Morgan fingerprint density at radius 3 is 1.91 bits per heavy atom. The number of rotatable bonds is 2. The smallest absolute Gasteiger partial charge is 0.420 e. The number of carbonyl (C=O) groups excluding carboxylic acids is 1. The molecule has 0 bridgehead atoms. The molecule has 3 nitrogen and oxygen atoms in total. The maximum Gasteiger partial charge on any atom is 0.420 e. The number of alkyl carbamates (subject to hydrolysis) is 1. The maximum absolute atomic E-state index is 12.7. The van der Waals surface area contributed by atoms with Crippen molar-refractivity contribution in [3.8, 4) is 0 Å². The highest BCUT2D eigenvalue weighted by Gasteiger charge is 2.69. The minimum Gasteiger partial charge on any atom is -0.446 e. The molecule has 22 heavy (non-hydrogen) atoms. The standard InChI is InChI=1S/C13H19F6NO2/c1-7-4-5-9(6-8(7)2)22-10(21)20-11(3,12(14,15)16)13(17,18)19/h7-9H,4-6H2,1-3H3,(H,20,21)/t7-,8+,9+/m1/s1. The molecule has 0 aromatic carbocycles. The second kappa shape index (κ2) is 6.16. The molecule has 9 heteroatoms. The lowest BCUT2D eigenvalue weighted by atomic mass is 9.80. The third kappa shape index (κ3) is 3.98. The van der Waals surface area contributed by atoms with E-state index >= 15 is 0 Å². The highest BCUT2D eigenvalue weighted by Crippen LogP contribution is 2.42. The number of alkyl halides is 6. The summed E-state index contributed by atoms with van der Waals surface area (Å²) in [5.74, 6) is 0.557. The van der Waals surface area contributed by atoms with Crippen molar-refractivity contribution in [1.29, 1.82) is 0 Å². The van der Waals surface area contributed by atoms with E-state index in [-0.39, 0.29) is 12.8 Å². The van der Waals surface area contributed by atoms with Gasteiger partial charge in [-0.1, -0.05) is 13.8 Å². The Morgan fingerprint density at radius 1 is 1.00 bits per heavy atom. The van der Waals surface area contributed by atoms with Crippen molar-refractivity contribution >= 4 is 6.09 Å². The van der Waals surface area contributed by atoms with Gasteiger partial charge >= 0.3 is 18.4 Å². The zero-order valence-electron chi connectivity index (χ0n) is 12.4. The van der Waals surface area contributed by atoms with Crippen molar-refractivity contribution in [3.63, 3.8) is 0 Å². The van der Waals surface area contributed by atoms with E-state index in [9.17, 15) is 31.1 Å². The van der Waals surface area contributed by atoms with Gasteiger partial charge in [-0.2, -0.15) is 26.3 Å². The van der Waals surface area contributed by atoms with Crippen LogP contribution in [-0.2, 0) is 4.74 Å². The molecule has 0 radical (unpaired) electrons. The molecular formula is C13H19F6NO2. The molecule has 1 saturated carbocycles. The second-order valence-electron chi connectivity index (χ2n) is 6.04. The third-order valence-electron chi connectivity index (χ3n) is 4.31. The normalized spacial score (nSPS) is 27.4. The summed E-state index contributed by atoms with van der Waals surface area (Å²) >= 11 is 0. The summed E-state index contributed by atoms with van der Waals surface area (Å²) < 4.78 is 80.7. The number of halogens is 6. The van der Waals surface area contributed by atoms with Crippen LogP contribution in [0.4, 0.5) is 31.1 Å². The van der Waals surface area contributed by atoms with E-state index in [1.165, 1.54) is 0 Å². The Morgan fingerprint density at radius 2 is 1.50 bits per heavy atom. The predicted molar refractivity (Wildman–Crippen MR) is 66.1 cm³/mol. The quantitative estimate of drug-likeness (QED) is 0.759. The van der Waals surface area contributed by atoms with Gasteiger partial charge in [0.05, 0.1) is 0 Å². The summed E-state index contributed by atoms with van der Waals surface area (Å²) in [7, 11) is 0. The molecular weight excluding hydrogens is 316 g/mol. The van der Waals surface area contributed by atoms with Crippen molar-refractivity contribution < 1.29 is 35.9 Å². The Labute approximate surface area is 124 Å². The topological polar surface area (TPSA) is 38.3 Å². The lowest BCUT2D eigenvalue weighted by Crippen LogP contribution is -2.65. The van der Waals surface area contributed by atoms with Crippen molar-refractivity contribution in [3.05, 3.63) is 0 Å². The van der Waals surface area contributed by atoms with Crippen LogP contribution >= 0.6 is 0 Å². The van der Waals surface area contributed by atoms with E-state index in [4.69, 9.17) is 4.74 Å². The van der Waals surface area contributed by atoms with Crippen molar-refractivity contribution in [2.24, 2.45) is 11.8 Å². The first kappa shape index (κ1) is 18.9. The molecule has 130 valence electrons. The molecule has 0 heterocycles. The summed E-state index contributed by atoms with van der Waals surface area (Å²) in [5, 5.41) is 0.935. The van der Waals surface area contributed by atoms with E-state index in [2.05, 4.69) is 0 Å². The first-order valence-corrected chi connectivity index (χ1v) is 6.90. The second-order valence-corrected chi connectivity index (χ2v) is 6.04. The zero-order chi connectivity index (χ0) is 17.3. The average molecular weight is 335 g/mol. The number of carbonyl (C=O) groups is 1. The Hall–Kier alpha value is -1.15. The van der Waals surface area contributed by atoms with Gasteiger partial charge in [0.15, 0.2) is 0 Å². The minimum atomic E-state index is -5.68. The van der Waals surface area contributed by atoms with Crippen LogP contribution in [0.25, 0.3) is 0 Å². The van der Waals surface area contributed by atoms with Gasteiger partial charge in [-0.3, -0.25) is 5.32 Å². The lowest BCUT2D eigenvalue weighted by molar-refractivity contribution is -0.299. The van der Waals surface area contributed by atoms with Crippen molar-refractivity contribution in [2.75, 3.05) is 0 Å². The number of hydrogen-bond acceptors (Lipinski definition) is 2. The fraction of sp³-hybridized carbons (Fsp3) is 0.923. The van der Waals surface area contributed by atoms with Gasteiger partial charge in [0.1, 0.15) is 6.10 Å². The van der Waals surface area contributed by atoms with Crippen LogP contribution < -0.4 is 5.32 Å². The Balaban J connectivity index is 2.74. The number of ether oxygens (including phenoxy) is 1. The van der Waals surface area contributed by atoms with Crippen LogP contribution in [-0.4, -0.2) is 30.1 Å². The van der Waals surface area contributed by atoms with E-state index in [1.54, 1.807) is 0 Å². The van der Waals surface area contributed by atoms with Gasteiger partial charge < -0.3 is 4.74 Å². The molecule has 0 aromatic heterocycles. The van der Waals surface area contributed by atoms with Gasteiger partial charge in [0.2, 0.25) is 5.54 Å². The molecule has 0 spiro atoms. The van der Waals surface area contributed by atoms with Gasteiger partial charge in [-0.25, -0.2) is 4.79 Å². The first-order chi connectivity index (χ1) is 9.78. The predicted octanol–water partition coefficient (Wildman–Crippen LogP) is 4.42. The van der Waals surface area contributed by atoms with Crippen LogP contribution in [0.3, 0.4) is 0 Å². The van der Waals surface area contributed by atoms with Crippen LogP contribution in [0.1, 0.15) is 40.0 Å². The summed E-state index contributed by atoms with van der Waals surface area (Å²) in [6.07, 6.45) is -12.2. The summed E-state index contributed by atoms with van der Waals surface area (Å²) in [6.45, 7) is 3.76. The van der Waals surface area contributed by atoms with Crippen LogP contribution in [0.15, 0.2) is 0 Å². The van der Waals surface area contributed by atoms with E-state index in [0.29, 0.717) is 25.2 Å². The molecule has 1 fully saturated rings. The van der Waals surface area contributed by atoms with E-state index in [1.807, 2.05) is 13.8 Å². The van der Waals surface area contributed by atoms with Crippen molar-refractivity contribution in [2.45, 2.75) is 64.0 Å². The lowest BCUT2D eigenvalue weighted by Gasteiger charge is -2.36. The molecule has 3 atom stereocenters. The molecule has 1 aliphatic carbocycles. The average Bonchev–Trinajstić information content (AvgIpc) is 2.30. The Bertz CT molecular complexity index is 392. The van der Waals surface area contributed by atoms with Gasteiger partial charge in [-0.05, 0) is 38.0 Å². The van der Waals surface area contributed by atoms with Gasteiger partial charge in [0.25, 0.3) is 0 Å². The molecule has 1 N–H and O–H groups in total. The van der Waals surface area contributed by atoms with Crippen molar-refractivity contribution in [1.82, 2.24) is 5.32 Å². The highest BCUT2D eigenvalue weighted by molar-refractivity contribution is 5.68. The molecule has 0 aromatic rings. The van der Waals surface area contributed by atoms with Crippen LogP contribution in [0.5, 0.6) is 0 Å². The summed E-state index contributed by atoms with van der Waals surface area (Å²) in [5.41, 5.74) is -4.34. The fourth-order valence-corrected chi connectivity index (χ4v) is 2.29. The molecule has 0 aliphatic heterocycles. The molecule has 1 amide bonds. The van der Waals surface area contributed by atoms with Gasteiger partial charge in [0, 0.05) is 0 Å². The summed E-state index contributed by atoms with van der Waals surface area (Å²) in [6, 6.07) is 0. The minimum absolute atomic E-state index is 0.125. The monoisotopic (exact) mass is 335 g/mol. The molecule has 1 aliphatic rings. The summed E-state index contributed by atoms with van der Waals surface area (Å²) in [4.78, 5) is 11.5. The number of nitrogens with one attached hydrogen (secondary N) is 1. The van der Waals surface area contributed by atoms with Crippen LogP contribution in [0.2, 0.25) is 0 Å². The highest BCUT2D eigenvalue weighted by atomic mass is 19.4. The van der Waals surface area contributed by atoms with E-state index in [0.717, 1.165) is 5.32 Å². The molecule has 0 saturated heterocycles. The first-order valence-electron chi connectivity index (χ1n) is 6.90. The number of hydrogen-bond donors (Lipinski definition) is 1. The SMILES string of the molecule is C[C@@H]1CC[C@H](OC(=O)NC(C)(C(F)(F)F)C(F)(F)F)C[C@@H]1C. The van der Waals surface area contributed by atoms with Gasteiger partial charge in [-0.15, -0.1) is 0 Å². The maximum atomic E-state index is 12.7. The zero-order valence-corrected chi connectivity index (χ0v) is 12.4. The fourth-order valence-electron chi connectivity index (χ4n) is 2.29. The van der Waals surface area contributed by atoms with E-state index < -0.39 is 30.1 Å². The number of amides is 1. The molecule has 0 unspecified atom stereocenters. The Kier molecular flexibility index (Phi) is 5.29. The molecule has 1 rings (SSSR count). The van der Waals surface area contributed by atoms with Crippen LogP contribution in [0, 0.1) is 11.8 Å². The largest absolute Gasteiger partial charge is 0.446 e. The third-order valence-corrected chi connectivity index (χ3v) is 4.31.